The first-order valence-electron chi connectivity index (χ1n) is 13.1. The Morgan fingerprint density at radius 1 is 1.15 bits per heavy atom. The number of nitrogens with one attached hydrogen (secondary N) is 2. The summed E-state index contributed by atoms with van der Waals surface area (Å²) in [5.74, 6) is 1.44. The number of carbonyl (C=O) groups excluding carboxylic acids is 3. The number of esters is 1. The van der Waals surface area contributed by atoms with Gasteiger partial charge in [0.25, 0.3) is 0 Å². The largest absolute Gasteiger partial charge is 0.464 e. The Morgan fingerprint density at radius 2 is 1.91 bits per heavy atom. The summed E-state index contributed by atoms with van der Waals surface area (Å²) in [4.78, 5) is 37.0. The summed E-state index contributed by atoms with van der Waals surface area (Å²) in [5.41, 5.74) is -0.555. The maximum atomic E-state index is 13.5. The Balaban J connectivity index is 1.40. The van der Waals surface area contributed by atoms with Gasteiger partial charge in [0.1, 0.15) is 6.61 Å². The first kappa shape index (κ1) is 25.2. The molecular formula is C27H42N2O5. The Labute approximate surface area is 203 Å². The van der Waals surface area contributed by atoms with Gasteiger partial charge in [-0.2, -0.15) is 0 Å². The molecule has 3 fully saturated rings. The van der Waals surface area contributed by atoms with Crippen molar-refractivity contribution in [2.75, 3.05) is 19.8 Å². The molecule has 1 heterocycles. The molecule has 2 N–H and O–H groups in total. The number of hydrogen-bond acceptors (Lipinski definition) is 5. The normalized spacial score (nSPS) is 38.9. The van der Waals surface area contributed by atoms with Gasteiger partial charge in [-0.1, -0.05) is 19.9 Å². The first-order chi connectivity index (χ1) is 16.0. The highest BCUT2D eigenvalue weighted by atomic mass is 16.6. The van der Waals surface area contributed by atoms with Crippen molar-refractivity contribution in [1.82, 2.24) is 10.6 Å². The Morgan fingerprint density at radius 3 is 2.65 bits per heavy atom. The predicted molar refractivity (Wildman–Crippen MR) is 129 cm³/mol. The van der Waals surface area contributed by atoms with Crippen molar-refractivity contribution in [3.8, 4) is 0 Å². The summed E-state index contributed by atoms with van der Waals surface area (Å²) in [6.45, 7) is 10.8. The molecule has 0 bridgehead atoms. The lowest BCUT2D eigenvalue weighted by Crippen LogP contribution is -2.60. The SMILES string of the molecule is CCOC(=O)COCC(C)(C)NC(=O)[C@H]1CC[C@H]2[C@@H]3CC[C@H]4NC(=O)C=C[C@]4(C)[C@H]3CC[C@]12C. The molecule has 7 heteroatoms. The van der Waals surface area contributed by atoms with Crippen LogP contribution in [0.5, 0.6) is 0 Å². The van der Waals surface area contributed by atoms with Gasteiger partial charge in [0.2, 0.25) is 11.8 Å². The number of fused-ring (bicyclic) bond motifs is 5. The minimum absolute atomic E-state index is 0.00204. The van der Waals surface area contributed by atoms with E-state index in [0.717, 1.165) is 38.5 Å². The van der Waals surface area contributed by atoms with Crippen molar-refractivity contribution in [3.05, 3.63) is 12.2 Å². The number of ether oxygens (including phenoxy) is 2. The van der Waals surface area contributed by atoms with Crippen LogP contribution in [0.3, 0.4) is 0 Å². The topological polar surface area (TPSA) is 93.7 Å². The van der Waals surface area contributed by atoms with Crippen LogP contribution in [0.2, 0.25) is 0 Å². The third kappa shape index (κ3) is 4.52. The van der Waals surface area contributed by atoms with Crippen LogP contribution < -0.4 is 10.6 Å². The Hall–Kier alpha value is -1.89. The number of amides is 2. The van der Waals surface area contributed by atoms with E-state index in [4.69, 9.17) is 9.47 Å². The fraction of sp³-hybridized carbons (Fsp3) is 0.815. The highest BCUT2D eigenvalue weighted by Gasteiger charge is 2.61. The van der Waals surface area contributed by atoms with Gasteiger partial charge in [0.15, 0.2) is 0 Å². The summed E-state index contributed by atoms with van der Waals surface area (Å²) >= 11 is 0. The maximum absolute atomic E-state index is 13.5. The number of carbonyl (C=O) groups is 3. The number of rotatable bonds is 7. The standard InChI is InChI=1S/C27H42N2O5/c1-6-34-23(31)15-33-16-25(2,3)29-24(32)20-9-8-18-17-7-10-21-27(5,14-12-22(30)28-21)19(17)11-13-26(18,20)4/h12,14,17-21H,6-11,13,15-16H2,1-5H3,(H,28,30)(H,29,32)/t17-,18-,19-,20+,21+,26-,27+/m0/s1. The zero-order valence-corrected chi connectivity index (χ0v) is 21.4. The monoisotopic (exact) mass is 474 g/mol. The molecule has 0 aromatic heterocycles. The van der Waals surface area contributed by atoms with Crippen LogP contribution in [0.4, 0.5) is 0 Å². The number of hydrogen-bond donors (Lipinski definition) is 2. The molecule has 34 heavy (non-hydrogen) atoms. The summed E-state index contributed by atoms with van der Waals surface area (Å²) < 4.78 is 10.4. The predicted octanol–water partition coefficient (Wildman–Crippen LogP) is 3.37. The van der Waals surface area contributed by atoms with Gasteiger partial charge in [-0.25, -0.2) is 4.79 Å². The first-order valence-corrected chi connectivity index (χ1v) is 13.1. The van der Waals surface area contributed by atoms with Crippen molar-refractivity contribution in [2.24, 2.45) is 34.5 Å². The lowest BCUT2D eigenvalue weighted by Gasteiger charge is -2.58. The lowest BCUT2D eigenvalue weighted by atomic mass is 9.48. The highest BCUT2D eigenvalue weighted by Crippen LogP contribution is 2.65. The summed E-state index contributed by atoms with van der Waals surface area (Å²) in [6, 6.07) is 0.228. The van der Waals surface area contributed by atoms with Gasteiger partial charge in [0, 0.05) is 17.4 Å². The fourth-order valence-electron chi connectivity index (χ4n) is 7.81. The second kappa shape index (κ2) is 9.29. The van der Waals surface area contributed by atoms with E-state index in [0.29, 0.717) is 24.4 Å². The quantitative estimate of drug-likeness (QED) is 0.552. The molecule has 0 saturated heterocycles. The molecule has 0 spiro atoms. The van der Waals surface area contributed by atoms with Crippen LogP contribution in [0.1, 0.15) is 73.1 Å². The van der Waals surface area contributed by atoms with Crippen LogP contribution in [0, 0.1) is 34.5 Å². The minimum atomic E-state index is -0.564. The molecule has 0 aromatic rings. The third-order valence-corrected chi connectivity index (χ3v) is 9.45. The molecule has 0 aromatic carbocycles. The zero-order valence-electron chi connectivity index (χ0n) is 21.4. The van der Waals surface area contributed by atoms with Crippen molar-refractivity contribution >= 4 is 17.8 Å². The third-order valence-electron chi connectivity index (χ3n) is 9.45. The molecule has 7 nitrogen and oxygen atoms in total. The Bertz CT molecular complexity index is 854. The molecule has 3 aliphatic carbocycles. The van der Waals surface area contributed by atoms with Crippen molar-refractivity contribution in [1.29, 1.82) is 0 Å². The van der Waals surface area contributed by atoms with Gasteiger partial charge < -0.3 is 20.1 Å². The average Bonchev–Trinajstić information content (AvgIpc) is 3.11. The van der Waals surface area contributed by atoms with Crippen molar-refractivity contribution < 1.29 is 23.9 Å². The molecule has 2 amide bonds. The summed E-state index contributed by atoms with van der Waals surface area (Å²) in [7, 11) is 0. The smallest absolute Gasteiger partial charge is 0.332 e. The van der Waals surface area contributed by atoms with E-state index in [1.807, 2.05) is 13.8 Å². The second-order valence-electron chi connectivity index (χ2n) is 12.1. The van der Waals surface area contributed by atoms with Gasteiger partial charge in [-0.15, -0.1) is 0 Å². The van der Waals surface area contributed by atoms with Crippen LogP contribution >= 0.6 is 0 Å². The molecule has 1 aliphatic heterocycles. The molecule has 190 valence electrons. The van der Waals surface area contributed by atoms with E-state index in [-0.39, 0.29) is 53.8 Å². The van der Waals surface area contributed by atoms with Gasteiger partial charge >= 0.3 is 5.97 Å². The van der Waals surface area contributed by atoms with Gasteiger partial charge in [0.05, 0.1) is 18.8 Å². The fourth-order valence-corrected chi connectivity index (χ4v) is 7.81. The lowest BCUT2D eigenvalue weighted by molar-refractivity contribution is -0.149. The molecular weight excluding hydrogens is 432 g/mol. The van der Waals surface area contributed by atoms with Crippen LogP contribution in [-0.4, -0.2) is 49.2 Å². The van der Waals surface area contributed by atoms with E-state index in [2.05, 4.69) is 30.6 Å². The molecule has 7 atom stereocenters. The van der Waals surface area contributed by atoms with Crippen LogP contribution in [0.15, 0.2) is 12.2 Å². The van der Waals surface area contributed by atoms with Crippen LogP contribution in [0.25, 0.3) is 0 Å². The zero-order chi connectivity index (χ0) is 24.7. The van der Waals surface area contributed by atoms with Crippen LogP contribution in [-0.2, 0) is 23.9 Å². The average molecular weight is 475 g/mol. The highest BCUT2D eigenvalue weighted by molar-refractivity contribution is 5.89. The van der Waals surface area contributed by atoms with E-state index < -0.39 is 5.54 Å². The summed E-state index contributed by atoms with van der Waals surface area (Å²) in [6.07, 6.45) is 10.2. The summed E-state index contributed by atoms with van der Waals surface area (Å²) in [5, 5.41) is 6.43. The molecule has 0 radical (unpaired) electrons. The maximum Gasteiger partial charge on any atom is 0.332 e. The van der Waals surface area contributed by atoms with Gasteiger partial charge in [-0.05, 0) is 88.5 Å². The van der Waals surface area contributed by atoms with Gasteiger partial charge in [-0.3, -0.25) is 9.59 Å². The van der Waals surface area contributed by atoms with E-state index in [1.165, 1.54) is 0 Å². The molecule has 4 rings (SSSR count). The Kier molecular flexibility index (Phi) is 6.89. The molecule has 0 unspecified atom stereocenters. The van der Waals surface area contributed by atoms with E-state index >= 15 is 0 Å². The minimum Gasteiger partial charge on any atom is -0.464 e. The molecule has 3 saturated carbocycles. The second-order valence-corrected chi connectivity index (χ2v) is 12.1. The van der Waals surface area contributed by atoms with E-state index in [9.17, 15) is 14.4 Å². The van der Waals surface area contributed by atoms with E-state index in [1.54, 1.807) is 13.0 Å². The van der Waals surface area contributed by atoms with Crippen molar-refractivity contribution in [2.45, 2.75) is 84.7 Å². The molecule has 4 aliphatic rings. The van der Waals surface area contributed by atoms with Crippen molar-refractivity contribution in [3.63, 3.8) is 0 Å².